The van der Waals surface area contributed by atoms with E-state index in [1.165, 1.54) is 26.0 Å². The van der Waals surface area contributed by atoms with Crippen LogP contribution in [0.1, 0.15) is 40.2 Å². The van der Waals surface area contributed by atoms with Crippen molar-refractivity contribution in [1.82, 2.24) is 21.3 Å². The standard InChI is InChI=1S/C23H34N4O8/c1-6-35-23(34)25-13(4)19(29)26-17(11-15-7-9-16(28)10-8-15)20(30)27-18(12(2)3)21(31)24-14(5)22(32)33/h7-10,12-14,17-18,28H,6,11H2,1-5H3,(H,24,31)(H,25,34)(H,26,29)(H,27,30)(H,32,33)/t13-,14-,17-,18-/m0/s1. The molecule has 4 atom stereocenters. The highest BCUT2D eigenvalue weighted by atomic mass is 16.5. The van der Waals surface area contributed by atoms with Gasteiger partial charge in [0.15, 0.2) is 0 Å². The maximum atomic E-state index is 13.2. The van der Waals surface area contributed by atoms with E-state index in [1.807, 2.05) is 0 Å². The molecule has 0 heterocycles. The molecule has 4 amide bonds. The number of rotatable bonds is 12. The lowest BCUT2D eigenvalue weighted by Crippen LogP contribution is -2.58. The molecule has 6 N–H and O–H groups in total. The van der Waals surface area contributed by atoms with E-state index in [-0.39, 0.29) is 18.8 Å². The molecule has 0 bridgehead atoms. The molecule has 12 heteroatoms. The highest BCUT2D eigenvalue weighted by molar-refractivity contribution is 5.94. The van der Waals surface area contributed by atoms with Gasteiger partial charge in [0.25, 0.3) is 0 Å². The van der Waals surface area contributed by atoms with Crippen molar-refractivity contribution >= 4 is 29.8 Å². The number of ether oxygens (including phenoxy) is 1. The summed E-state index contributed by atoms with van der Waals surface area (Å²) >= 11 is 0. The molecule has 1 aromatic carbocycles. The molecule has 0 spiro atoms. The molecule has 1 aromatic rings. The lowest BCUT2D eigenvalue weighted by atomic mass is 10.0. The van der Waals surface area contributed by atoms with Gasteiger partial charge in [-0.1, -0.05) is 26.0 Å². The van der Waals surface area contributed by atoms with Crippen molar-refractivity contribution < 1.29 is 38.9 Å². The van der Waals surface area contributed by atoms with E-state index in [4.69, 9.17) is 9.84 Å². The maximum Gasteiger partial charge on any atom is 0.407 e. The third-order valence-electron chi connectivity index (χ3n) is 4.99. The number of phenolic OH excluding ortho intramolecular Hbond substituents is 1. The van der Waals surface area contributed by atoms with Gasteiger partial charge < -0.3 is 36.2 Å². The Balaban J connectivity index is 3.06. The van der Waals surface area contributed by atoms with Crippen LogP contribution in [0.15, 0.2) is 24.3 Å². The molecule has 0 saturated heterocycles. The molecule has 0 unspecified atom stereocenters. The lowest BCUT2D eigenvalue weighted by Gasteiger charge is -2.26. The van der Waals surface area contributed by atoms with Crippen LogP contribution in [0, 0.1) is 5.92 Å². The molecule has 0 fully saturated rings. The smallest absolute Gasteiger partial charge is 0.407 e. The summed E-state index contributed by atoms with van der Waals surface area (Å²) in [7, 11) is 0. The number of benzene rings is 1. The van der Waals surface area contributed by atoms with Crippen LogP contribution in [-0.4, -0.2) is 70.8 Å². The Kier molecular flexibility index (Phi) is 11.5. The third-order valence-corrected chi connectivity index (χ3v) is 4.99. The fourth-order valence-electron chi connectivity index (χ4n) is 2.94. The zero-order valence-electron chi connectivity index (χ0n) is 20.5. The van der Waals surface area contributed by atoms with E-state index in [2.05, 4.69) is 21.3 Å². The number of aromatic hydroxyl groups is 1. The summed E-state index contributed by atoms with van der Waals surface area (Å²) in [6.07, 6.45) is -0.777. The van der Waals surface area contributed by atoms with Gasteiger partial charge in [0.05, 0.1) is 6.61 Å². The zero-order valence-corrected chi connectivity index (χ0v) is 20.5. The van der Waals surface area contributed by atoms with Crippen LogP contribution in [0.4, 0.5) is 4.79 Å². The average Bonchev–Trinajstić information content (AvgIpc) is 2.77. The largest absolute Gasteiger partial charge is 0.508 e. The number of amides is 4. The Hall–Kier alpha value is -3.83. The van der Waals surface area contributed by atoms with Gasteiger partial charge in [0.2, 0.25) is 17.7 Å². The second kappa shape index (κ2) is 13.8. The molecule has 0 aromatic heterocycles. The van der Waals surface area contributed by atoms with Crippen molar-refractivity contribution in [3.05, 3.63) is 29.8 Å². The zero-order chi connectivity index (χ0) is 26.7. The number of aliphatic carboxylic acids is 1. The van der Waals surface area contributed by atoms with Gasteiger partial charge in [-0.3, -0.25) is 19.2 Å². The third kappa shape index (κ3) is 9.90. The topological polar surface area (TPSA) is 183 Å². The van der Waals surface area contributed by atoms with Gasteiger partial charge in [-0.25, -0.2) is 4.79 Å². The van der Waals surface area contributed by atoms with Crippen LogP contribution in [0.2, 0.25) is 0 Å². The number of carbonyl (C=O) groups excluding carboxylic acids is 4. The van der Waals surface area contributed by atoms with Crippen LogP contribution < -0.4 is 21.3 Å². The first kappa shape index (κ1) is 29.2. The Bertz CT molecular complexity index is 903. The van der Waals surface area contributed by atoms with Crippen LogP contribution in [0.25, 0.3) is 0 Å². The van der Waals surface area contributed by atoms with Gasteiger partial charge in [0.1, 0.15) is 29.9 Å². The fraction of sp³-hybridized carbons (Fsp3) is 0.522. The number of carboxylic acid groups (broad SMARTS) is 1. The van der Waals surface area contributed by atoms with Crippen molar-refractivity contribution in [3.8, 4) is 5.75 Å². The number of alkyl carbamates (subject to hydrolysis) is 1. The van der Waals surface area contributed by atoms with Gasteiger partial charge in [-0.15, -0.1) is 0 Å². The molecule has 1 rings (SSSR count). The fourth-order valence-corrected chi connectivity index (χ4v) is 2.94. The van der Waals surface area contributed by atoms with Crippen molar-refractivity contribution in [3.63, 3.8) is 0 Å². The number of carboxylic acids is 1. The van der Waals surface area contributed by atoms with Gasteiger partial charge >= 0.3 is 12.1 Å². The summed E-state index contributed by atoms with van der Waals surface area (Å²) in [5.74, 6) is -3.64. The van der Waals surface area contributed by atoms with E-state index in [0.717, 1.165) is 0 Å². The van der Waals surface area contributed by atoms with Crippen LogP contribution in [0.5, 0.6) is 5.75 Å². The number of hydrogen-bond acceptors (Lipinski definition) is 7. The monoisotopic (exact) mass is 494 g/mol. The first-order chi connectivity index (χ1) is 16.3. The summed E-state index contributed by atoms with van der Waals surface area (Å²) in [6.45, 7) is 7.79. The van der Waals surface area contributed by atoms with Crippen molar-refractivity contribution in [2.24, 2.45) is 5.92 Å². The summed E-state index contributed by atoms with van der Waals surface area (Å²) in [4.78, 5) is 61.1. The summed E-state index contributed by atoms with van der Waals surface area (Å²) in [6, 6.07) is 1.59. The van der Waals surface area contributed by atoms with E-state index in [9.17, 15) is 29.1 Å². The van der Waals surface area contributed by atoms with Gasteiger partial charge in [-0.05, 0) is 44.4 Å². The van der Waals surface area contributed by atoms with Crippen LogP contribution in [0.3, 0.4) is 0 Å². The van der Waals surface area contributed by atoms with E-state index in [0.29, 0.717) is 5.56 Å². The molecular formula is C23H34N4O8. The first-order valence-electron chi connectivity index (χ1n) is 11.2. The molecule has 0 radical (unpaired) electrons. The molecule has 0 saturated carbocycles. The highest BCUT2D eigenvalue weighted by Gasteiger charge is 2.31. The molecule has 0 aliphatic carbocycles. The number of phenols is 1. The van der Waals surface area contributed by atoms with E-state index >= 15 is 0 Å². The van der Waals surface area contributed by atoms with Crippen LogP contribution in [-0.2, 0) is 30.3 Å². The normalized spacial score (nSPS) is 14.1. The van der Waals surface area contributed by atoms with Gasteiger partial charge in [-0.2, -0.15) is 0 Å². The first-order valence-corrected chi connectivity index (χ1v) is 11.2. The quantitative estimate of drug-likeness (QED) is 0.239. The Labute approximate surface area is 203 Å². The van der Waals surface area contributed by atoms with Crippen LogP contribution >= 0.6 is 0 Å². The van der Waals surface area contributed by atoms with Gasteiger partial charge in [0, 0.05) is 6.42 Å². The molecule has 194 valence electrons. The SMILES string of the molecule is CCOC(=O)N[C@@H](C)C(=O)N[C@@H](Cc1ccc(O)cc1)C(=O)N[C@H](C(=O)N[C@@H](C)C(=O)O)C(C)C. The molecule has 12 nitrogen and oxygen atoms in total. The number of hydrogen-bond donors (Lipinski definition) is 6. The predicted molar refractivity (Wildman–Crippen MR) is 125 cm³/mol. The minimum atomic E-state index is -1.23. The van der Waals surface area contributed by atoms with Crippen molar-refractivity contribution in [2.45, 2.75) is 65.2 Å². The van der Waals surface area contributed by atoms with E-state index < -0.39 is 59.9 Å². The second-order valence-corrected chi connectivity index (χ2v) is 8.32. The average molecular weight is 495 g/mol. The van der Waals surface area contributed by atoms with Crippen molar-refractivity contribution in [2.75, 3.05) is 6.61 Å². The molecular weight excluding hydrogens is 460 g/mol. The summed E-state index contributed by atoms with van der Waals surface area (Å²) in [5, 5.41) is 28.4. The Morgan fingerprint density at radius 1 is 0.829 bits per heavy atom. The molecule has 0 aliphatic rings. The predicted octanol–water partition coefficient (Wildman–Crippen LogP) is 0.284. The summed E-state index contributed by atoms with van der Waals surface area (Å²) in [5.41, 5.74) is 0.610. The van der Waals surface area contributed by atoms with E-state index in [1.54, 1.807) is 32.9 Å². The Morgan fingerprint density at radius 3 is 1.94 bits per heavy atom. The number of carbonyl (C=O) groups is 5. The minimum absolute atomic E-state index is 0.0158. The highest BCUT2D eigenvalue weighted by Crippen LogP contribution is 2.12. The Morgan fingerprint density at radius 2 is 1.43 bits per heavy atom. The minimum Gasteiger partial charge on any atom is -0.508 e. The maximum absolute atomic E-state index is 13.2. The molecule has 35 heavy (non-hydrogen) atoms. The number of nitrogens with one attached hydrogen (secondary N) is 4. The van der Waals surface area contributed by atoms with Crippen molar-refractivity contribution in [1.29, 1.82) is 0 Å². The summed E-state index contributed by atoms with van der Waals surface area (Å²) < 4.78 is 4.76. The second-order valence-electron chi connectivity index (χ2n) is 8.32. The molecule has 0 aliphatic heterocycles. The lowest BCUT2D eigenvalue weighted by molar-refractivity contribution is -0.142.